The molecular formula is C20H23NO5S. The number of ketones is 1. The number of rotatable bonds is 8. The molecule has 0 radical (unpaired) electrons. The zero-order valence-corrected chi connectivity index (χ0v) is 16.5. The lowest BCUT2D eigenvalue weighted by Crippen LogP contribution is -2.31. The maximum Gasteiger partial charge on any atom is 0.338 e. The first-order valence-corrected chi connectivity index (χ1v) is 10.1. The summed E-state index contributed by atoms with van der Waals surface area (Å²) in [6, 6.07) is 12.9. The summed E-state index contributed by atoms with van der Waals surface area (Å²) in [6.45, 7) is 5.43. The second-order valence-corrected chi connectivity index (χ2v) is 7.84. The van der Waals surface area contributed by atoms with Gasteiger partial charge in [0.15, 0.2) is 12.4 Å². The first-order valence-electron chi connectivity index (χ1n) is 8.67. The number of carbonyl (C=O) groups excluding carboxylic acids is 2. The van der Waals surface area contributed by atoms with Gasteiger partial charge in [-0.2, -0.15) is 4.31 Å². The Labute approximate surface area is 159 Å². The molecule has 0 aliphatic carbocycles. The Kier molecular flexibility index (Phi) is 6.87. The molecule has 0 saturated carbocycles. The van der Waals surface area contributed by atoms with Crippen LogP contribution in [0.15, 0.2) is 53.4 Å². The van der Waals surface area contributed by atoms with E-state index < -0.39 is 22.6 Å². The quantitative estimate of drug-likeness (QED) is 0.512. The molecule has 0 amide bonds. The van der Waals surface area contributed by atoms with Gasteiger partial charge < -0.3 is 4.74 Å². The van der Waals surface area contributed by atoms with Gasteiger partial charge in [0.05, 0.1) is 10.5 Å². The van der Waals surface area contributed by atoms with Crippen molar-refractivity contribution in [2.24, 2.45) is 0 Å². The fourth-order valence-corrected chi connectivity index (χ4v) is 4.34. The molecule has 0 atom stereocenters. The molecule has 0 fully saturated rings. The van der Waals surface area contributed by atoms with E-state index in [9.17, 15) is 18.0 Å². The molecule has 2 aromatic rings. The number of esters is 1. The van der Waals surface area contributed by atoms with Gasteiger partial charge in [-0.25, -0.2) is 13.2 Å². The van der Waals surface area contributed by atoms with Crippen molar-refractivity contribution in [1.29, 1.82) is 0 Å². The molecular weight excluding hydrogens is 366 g/mol. The smallest absolute Gasteiger partial charge is 0.338 e. The van der Waals surface area contributed by atoms with Gasteiger partial charge in [0, 0.05) is 18.7 Å². The van der Waals surface area contributed by atoms with Crippen LogP contribution in [-0.4, -0.2) is 44.2 Å². The van der Waals surface area contributed by atoms with Crippen molar-refractivity contribution >= 4 is 21.8 Å². The number of benzene rings is 2. The summed E-state index contributed by atoms with van der Waals surface area (Å²) >= 11 is 0. The molecule has 0 aromatic heterocycles. The van der Waals surface area contributed by atoms with Gasteiger partial charge in [-0.3, -0.25) is 4.79 Å². The molecule has 0 bridgehead atoms. The highest BCUT2D eigenvalue weighted by Gasteiger charge is 2.25. The van der Waals surface area contributed by atoms with E-state index in [1.165, 1.54) is 16.4 Å². The molecule has 7 heteroatoms. The Morgan fingerprint density at radius 1 is 0.963 bits per heavy atom. The first-order chi connectivity index (χ1) is 12.8. The van der Waals surface area contributed by atoms with Crippen LogP contribution >= 0.6 is 0 Å². The zero-order chi connectivity index (χ0) is 20.0. The number of hydrogen-bond acceptors (Lipinski definition) is 5. The van der Waals surface area contributed by atoms with Crippen molar-refractivity contribution in [2.45, 2.75) is 25.7 Å². The molecule has 0 spiro atoms. The van der Waals surface area contributed by atoms with E-state index in [0.29, 0.717) is 24.2 Å². The minimum absolute atomic E-state index is 0.0648. The molecule has 0 unspecified atom stereocenters. The minimum Gasteiger partial charge on any atom is -0.454 e. The van der Waals surface area contributed by atoms with Crippen LogP contribution in [0.5, 0.6) is 0 Å². The van der Waals surface area contributed by atoms with Crippen LogP contribution in [0, 0.1) is 6.92 Å². The number of carbonyl (C=O) groups is 2. The van der Waals surface area contributed by atoms with E-state index in [1.807, 2.05) is 0 Å². The van der Waals surface area contributed by atoms with Crippen LogP contribution in [0.1, 0.15) is 40.1 Å². The van der Waals surface area contributed by atoms with E-state index in [0.717, 1.165) is 0 Å². The van der Waals surface area contributed by atoms with Gasteiger partial charge in [0.1, 0.15) is 0 Å². The summed E-state index contributed by atoms with van der Waals surface area (Å²) in [5.41, 5.74) is 1.07. The Bertz CT molecular complexity index is 919. The van der Waals surface area contributed by atoms with Crippen LogP contribution in [0.25, 0.3) is 0 Å². The second kappa shape index (κ2) is 8.92. The van der Waals surface area contributed by atoms with Gasteiger partial charge >= 0.3 is 5.97 Å². The van der Waals surface area contributed by atoms with Crippen LogP contribution < -0.4 is 0 Å². The van der Waals surface area contributed by atoms with Gasteiger partial charge in [-0.15, -0.1) is 0 Å². The molecule has 0 aliphatic heterocycles. The second-order valence-electron chi connectivity index (χ2n) is 5.93. The highest BCUT2D eigenvalue weighted by atomic mass is 32.2. The fourth-order valence-electron chi connectivity index (χ4n) is 2.63. The molecule has 0 heterocycles. The fraction of sp³-hybridized carbons (Fsp3) is 0.300. The summed E-state index contributed by atoms with van der Waals surface area (Å²) in [4.78, 5) is 24.4. The van der Waals surface area contributed by atoms with Crippen molar-refractivity contribution in [1.82, 2.24) is 4.31 Å². The average molecular weight is 389 g/mol. The molecule has 144 valence electrons. The summed E-state index contributed by atoms with van der Waals surface area (Å²) < 4.78 is 31.9. The molecule has 2 aromatic carbocycles. The SMILES string of the molecule is CCN(CC)S(=O)(=O)c1cc(C(=O)OCC(=O)c2ccccc2)ccc1C. The predicted octanol–water partition coefficient (Wildman–Crippen LogP) is 3.07. The van der Waals surface area contributed by atoms with Crippen LogP contribution in [0.3, 0.4) is 0 Å². The van der Waals surface area contributed by atoms with Crippen molar-refractivity contribution < 1.29 is 22.7 Å². The summed E-state index contributed by atoms with van der Waals surface area (Å²) in [5.74, 6) is -1.07. The Morgan fingerprint density at radius 3 is 2.19 bits per heavy atom. The standard InChI is InChI=1S/C20H23NO5S/c1-4-21(5-2)27(24,25)19-13-17(12-11-15(19)3)20(23)26-14-18(22)16-9-7-6-8-10-16/h6-13H,4-5,14H2,1-3H3. The van der Waals surface area contributed by atoms with Crippen LogP contribution in [0.4, 0.5) is 0 Å². The Morgan fingerprint density at radius 2 is 1.59 bits per heavy atom. The van der Waals surface area contributed by atoms with E-state index in [-0.39, 0.29) is 16.2 Å². The van der Waals surface area contributed by atoms with Gasteiger partial charge in [0.2, 0.25) is 10.0 Å². The minimum atomic E-state index is -3.70. The van der Waals surface area contributed by atoms with Gasteiger partial charge in [0.25, 0.3) is 0 Å². The maximum absolute atomic E-state index is 12.8. The van der Waals surface area contributed by atoms with Crippen molar-refractivity contribution in [3.63, 3.8) is 0 Å². The van der Waals surface area contributed by atoms with E-state index in [4.69, 9.17) is 4.74 Å². The van der Waals surface area contributed by atoms with Gasteiger partial charge in [-0.05, 0) is 24.6 Å². The molecule has 0 N–H and O–H groups in total. The first kappa shape index (κ1) is 20.8. The number of hydrogen-bond donors (Lipinski definition) is 0. The van der Waals surface area contributed by atoms with E-state index in [1.54, 1.807) is 57.2 Å². The lowest BCUT2D eigenvalue weighted by Gasteiger charge is -2.20. The monoisotopic (exact) mass is 389 g/mol. The molecule has 0 saturated heterocycles. The lowest BCUT2D eigenvalue weighted by molar-refractivity contribution is 0.0474. The molecule has 6 nitrogen and oxygen atoms in total. The predicted molar refractivity (Wildman–Crippen MR) is 102 cm³/mol. The Balaban J connectivity index is 2.19. The molecule has 2 rings (SSSR count). The normalized spacial score (nSPS) is 11.4. The Hall–Kier alpha value is -2.51. The summed E-state index contributed by atoms with van der Waals surface area (Å²) in [6.07, 6.45) is 0. The number of sulfonamides is 1. The van der Waals surface area contributed by atoms with Crippen molar-refractivity contribution in [2.75, 3.05) is 19.7 Å². The average Bonchev–Trinajstić information content (AvgIpc) is 2.67. The summed E-state index contributed by atoms with van der Waals surface area (Å²) in [7, 11) is -3.70. The highest BCUT2D eigenvalue weighted by molar-refractivity contribution is 7.89. The third kappa shape index (κ3) is 4.81. The zero-order valence-electron chi connectivity index (χ0n) is 15.6. The number of ether oxygens (including phenoxy) is 1. The van der Waals surface area contributed by atoms with E-state index >= 15 is 0 Å². The number of aryl methyl sites for hydroxylation is 1. The van der Waals surface area contributed by atoms with E-state index in [2.05, 4.69) is 0 Å². The molecule has 0 aliphatic rings. The maximum atomic E-state index is 12.8. The lowest BCUT2D eigenvalue weighted by atomic mass is 10.1. The summed E-state index contributed by atoms with van der Waals surface area (Å²) in [5, 5.41) is 0. The largest absolute Gasteiger partial charge is 0.454 e. The molecule has 27 heavy (non-hydrogen) atoms. The third-order valence-corrected chi connectivity index (χ3v) is 6.37. The van der Waals surface area contributed by atoms with Crippen LogP contribution in [0.2, 0.25) is 0 Å². The third-order valence-electron chi connectivity index (χ3n) is 4.18. The number of Topliss-reactive ketones (excluding diaryl/α,β-unsaturated/α-hetero) is 1. The van der Waals surface area contributed by atoms with Gasteiger partial charge in [-0.1, -0.05) is 50.2 Å². The highest BCUT2D eigenvalue weighted by Crippen LogP contribution is 2.22. The number of nitrogens with zero attached hydrogens (tertiary/aromatic N) is 1. The van der Waals surface area contributed by atoms with Crippen molar-refractivity contribution in [3.8, 4) is 0 Å². The topological polar surface area (TPSA) is 80.8 Å². The van der Waals surface area contributed by atoms with Crippen molar-refractivity contribution in [3.05, 3.63) is 65.2 Å². The van der Waals surface area contributed by atoms with Crippen LogP contribution in [-0.2, 0) is 14.8 Å².